The molecule has 0 fully saturated rings. The van der Waals surface area contributed by atoms with E-state index in [2.05, 4.69) is 30.5 Å². The van der Waals surface area contributed by atoms with Crippen LogP contribution in [0.4, 0.5) is 11.4 Å². The minimum Gasteiger partial charge on any atom is -0.383 e. The molecule has 0 bridgehead atoms. The first-order valence-electron chi connectivity index (χ1n) is 14.0. The summed E-state index contributed by atoms with van der Waals surface area (Å²) in [6.45, 7) is 3.64. The molecule has 1 unspecified atom stereocenters. The number of nitrogens with one attached hydrogen (secondary N) is 2. The van der Waals surface area contributed by atoms with Gasteiger partial charge in [-0.3, -0.25) is 19.9 Å². The molecule has 0 saturated heterocycles. The maximum absolute atomic E-state index is 6.86. The molecule has 218 valence electrons. The largest absolute Gasteiger partial charge is 0.383 e. The van der Waals surface area contributed by atoms with Gasteiger partial charge in [-0.25, -0.2) is 0 Å². The fourth-order valence-electron chi connectivity index (χ4n) is 5.39. The fourth-order valence-corrected chi connectivity index (χ4v) is 5.88. The van der Waals surface area contributed by atoms with Gasteiger partial charge in [0.25, 0.3) is 0 Å². The topological polar surface area (TPSA) is 92.0 Å². The first kappa shape index (κ1) is 29.4. The first-order chi connectivity index (χ1) is 20.9. The number of nitrogens with zero attached hydrogens (tertiary/aromatic N) is 4. The van der Waals surface area contributed by atoms with E-state index in [0.29, 0.717) is 21.6 Å². The van der Waals surface area contributed by atoms with E-state index in [1.165, 1.54) is 0 Å². The Morgan fingerprint density at radius 2 is 1.05 bits per heavy atom. The van der Waals surface area contributed by atoms with Crippen LogP contribution >= 0.6 is 34.8 Å². The third-order valence-electron chi connectivity index (χ3n) is 7.49. The molecule has 0 aliphatic carbocycles. The first-order valence-corrected chi connectivity index (χ1v) is 15.2. The van der Waals surface area contributed by atoms with Crippen molar-refractivity contribution < 1.29 is 0 Å². The van der Waals surface area contributed by atoms with Crippen molar-refractivity contribution in [2.45, 2.75) is 6.04 Å². The standard InChI is InChI=1S/C33H30Cl3N7/c34-21-1-4-25-24(7-10-38-31(25)17-21)28(37)20-43(15-13-41-29-8-11-39-32-18-22(35)2-5-26(29)32)16-14-42-30-9-12-40-33-19-23(36)3-6-27(30)33/h1-12,17-19,28H,13-16,20,37H2,(H,39,41)(H,40,42). The third-order valence-corrected chi connectivity index (χ3v) is 8.19. The molecular formula is C33H30Cl3N7. The van der Waals surface area contributed by atoms with Crippen LogP contribution in [0.5, 0.6) is 0 Å². The number of benzene rings is 3. The van der Waals surface area contributed by atoms with Crippen molar-refractivity contribution in [3.63, 3.8) is 0 Å². The van der Waals surface area contributed by atoms with Crippen molar-refractivity contribution in [2.75, 3.05) is 43.4 Å². The summed E-state index contributed by atoms with van der Waals surface area (Å²) in [6, 6.07) is 23.0. The Kier molecular flexibility index (Phi) is 9.07. The predicted molar refractivity (Wildman–Crippen MR) is 181 cm³/mol. The van der Waals surface area contributed by atoms with E-state index in [1.807, 2.05) is 72.8 Å². The Morgan fingerprint density at radius 1 is 0.605 bits per heavy atom. The van der Waals surface area contributed by atoms with Crippen molar-refractivity contribution >= 4 is 78.9 Å². The summed E-state index contributed by atoms with van der Waals surface area (Å²) in [5, 5.41) is 12.2. The van der Waals surface area contributed by atoms with E-state index in [-0.39, 0.29) is 6.04 Å². The molecule has 0 spiro atoms. The summed E-state index contributed by atoms with van der Waals surface area (Å²) < 4.78 is 0. The van der Waals surface area contributed by atoms with Crippen molar-refractivity contribution in [1.29, 1.82) is 0 Å². The molecular weight excluding hydrogens is 601 g/mol. The normalized spacial score (nSPS) is 12.3. The molecule has 6 aromatic rings. The molecule has 10 heteroatoms. The van der Waals surface area contributed by atoms with Crippen LogP contribution in [-0.4, -0.2) is 52.6 Å². The van der Waals surface area contributed by atoms with Gasteiger partial charge in [-0.1, -0.05) is 40.9 Å². The van der Waals surface area contributed by atoms with E-state index >= 15 is 0 Å². The number of hydrogen-bond acceptors (Lipinski definition) is 7. The van der Waals surface area contributed by atoms with Gasteiger partial charge < -0.3 is 16.4 Å². The van der Waals surface area contributed by atoms with E-state index in [9.17, 15) is 0 Å². The van der Waals surface area contributed by atoms with Gasteiger partial charge in [-0.05, 0) is 72.3 Å². The minimum atomic E-state index is -0.223. The van der Waals surface area contributed by atoms with Gasteiger partial charge in [0.1, 0.15) is 0 Å². The Bertz CT molecular complexity index is 1810. The number of nitrogens with two attached hydrogens (primary N) is 1. The SMILES string of the molecule is NC(CN(CCNc1ccnc2cc(Cl)ccc12)CCNc1ccnc2cc(Cl)ccc12)c1ccnc2cc(Cl)ccc12. The van der Waals surface area contributed by atoms with Crippen LogP contribution in [0, 0.1) is 0 Å². The molecule has 0 amide bonds. The van der Waals surface area contributed by atoms with Gasteiger partial charge in [0, 0.05) is 100.0 Å². The highest BCUT2D eigenvalue weighted by molar-refractivity contribution is 6.32. The van der Waals surface area contributed by atoms with Crippen LogP contribution in [0.25, 0.3) is 32.7 Å². The summed E-state index contributed by atoms with van der Waals surface area (Å²) in [7, 11) is 0. The van der Waals surface area contributed by atoms with Crippen LogP contribution in [0.1, 0.15) is 11.6 Å². The van der Waals surface area contributed by atoms with Crippen LogP contribution in [0.15, 0.2) is 91.4 Å². The van der Waals surface area contributed by atoms with Crippen molar-refractivity contribution in [1.82, 2.24) is 19.9 Å². The molecule has 3 aromatic carbocycles. The highest BCUT2D eigenvalue weighted by Gasteiger charge is 2.16. The van der Waals surface area contributed by atoms with Crippen LogP contribution in [-0.2, 0) is 0 Å². The number of hydrogen-bond donors (Lipinski definition) is 3. The van der Waals surface area contributed by atoms with Gasteiger partial charge in [0.15, 0.2) is 0 Å². The second kappa shape index (κ2) is 13.3. The summed E-state index contributed by atoms with van der Waals surface area (Å²) in [6.07, 6.45) is 5.39. The zero-order chi connectivity index (χ0) is 29.8. The number of halogens is 3. The quantitative estimate of drug-likeness (QED) is 0.134. The number of rotatable bonds is 11. The van der Waals surface area contributed by atoms with Gasteiger partial charge in [-0.2, -0.15) is 0 Å². The van der Waals surface area contributed by atoms with E-state index < -0.39 is 0 Å². The molecule has 1 atom stereocenters. The lowest BCUT2D eigenvalue weighted by atomic mass is 10.0. The second-order valence-electron chi connectivity index (χ2n) is 10.4. The summed E-state index contributed by atoms with van der Waals surface area (Å²) in [4.78, 5) is 15.8. The van der Waals surface area contributed by atoms with E-state index in [4.69, 9.17) is 40.5 Å². The third kappa shape index (κ3) is 6.93. The monoisotopic (exact) mass is 629 g/mol. The van der Waals surface area contributed by atoms with Gasteiger partial charge in [0.05, 0.1) is 16.6 Å². The van der Waals surface area contributed by atoms with Crippen molar-refractivity contribution in [3.8, 4) is 0 Å². The Morgan fingerprint density at radius 3 is 1.56 bits per heavy atom. The molecule has 7 nitrogen and oxygen atoms in total. The second-order valence-corrected chi connectivity index (χ2v) is 11.7. The lowest BCUT2D eigenvalue weighted by molar-refractivity contribution is 0.277. The maximum atomic E-state index is 6.86. The maximum Gasteiger partial charge on any atom is 0.0737 e. The Balaban J connectivity index is 1.18. The molecule has 43 heavy (non-hydrogen) atoms. The predicted octanol–water partition coefficient (Wildman–Crippen LogP) is 7.82. The van der Waals surface area contributed by atoms with Gasteiger partial charge >= 0.3 is 0 Å². The molecule has 3 heterocycles. The average molecular weight is 631 g/mol. The van der Waals surface area contributed by atoms with Crippen LogP contribution in [0.3, 0.4) is 0 Å². The van der Waals surface area contributed by atoms with Gasteiger partial charge in [-0.15, -0.1) is 0 Å². The molecule has 0 radical (unpaired) electrons. The molecule has 6 rings (SSSR count). The highest BCUT2D eigenvalue weighted by atomic mass is 35.5. The molecule has 0 aliphatic rings. The smallest absolute Gasteiger partial charge is 0.0737 e. The lowest BCUT2D eigenvalue weighted by Crippen LogP contribution is -2.38. The zero-order valence-electron chi connectivity index (χ0n) is 23.3. The van der Waals surface area contributed by atoms with Crippen molar-refractivity contribution in [3.05, 3.63) is 112 Å². The molecule has 0 aliphatic heterocycles. The average Bonchev–Trinajstić information content (AvgIpc) is 3.00. The Hall–Kier alpha value is -3.72. The van der Waals surface area contributed by atoms with Crippen LogP contribution in [0.2, 0.25) is 15.1 Å². The summed E-state index contributed by atoms with van der Waals surface area (Å²) in [5.41, 5.74) is 12.5. The molecule has 3 aromatic heterocycles. The number of anilines is 2. The zero-order valence-corrected chi connectivity index (χ0v) is 25.5. The fraction of sp³-hybridized carbons (Fsp3) is 0.182. The number of fused-ring (bicyclic) bond motifs is 3. The van der Waals surface area contributed by atoms with Gasteiger partial charge in [0.2, 0.25) is 0 Å². The summed E-state index contributed by atoms with van der Waals surface area (Å²) >= 11 is 18.6. The molecule has 0 saturated carbocycles. The Labute approximate surface area is 265 Å². The number of pyridine rings is 3. The summed E-state index contributed by atoms with van der Waals surface area (Å²) in [5.74, 6) is 0. The lowest BCUT2D eigenvalue weighted by Gasteiger charge is -2.27. The van der Waals surface area contributed by atoms with Crippen molar-refractivity contribution in [2.24, 2.45) is 5.73 Å². The number of aromatic nitrogens is 3. The molecule has 4 N–H and O–H groups in total. The van der Waals surface area contributed by atoms with E-state index in [0.717, 1.165) is 75.8 Å². The van der Waals surface area contributed by atoms with E-state index in [1.54, 1.807) is 18.6 Å². The minimum absolute atomic E-state index is 0.223. The van der Waals surface area contributed by atoms with Crippen LogP contribution < -0.4 is 16.4 Å². The highest BCUT2D eigenvalue weighted by Crippen LogP contribution is 2.27.